The number of carbonyl (C=O) groups is 1. The molecule has 106 valence electrons. The molecule has 1 fully saturated rings. The summed E-state index contributed by atoms with van der Waals surface area (Å²) in [4.78, 5) is 14.2. The van der Waals surface area contributed by atoms with Gasteiger partial charge in [-0.05, 0) is 31.9 Å². The third kappa shape index (κ3) is 2.07. The van der Waals surface area contributed by atoms with E-state index in [4.69, 9.17) is 10.2 Å². The molecule has 0 spiro atoms. The molecule has 6 nitrogen and oxygen atoms in total. The van der Waals surface area contributed by atoms with Crippen LogP contribution in [0.4, 0.5) is 5.69 Å². The molecule has 3 heterocycles. The monoisotopic (exact) mass is 274 g/mol. The number of amides is 1. The Morgan fingerprint density at radius 3 is 2.95 bits per heavy atom. The molecule has 1 aliphatic heterocycles. The third-order valence-electron chi connectivity index (χ3n) is 3.96. The molecule has 1 amide bonds. The lowest BCUT2D eigenvalue weighted by Crippen LogP contribution is -2.28. The Morgan fingerprint density at radius 1 is 1.55 bits per heavy atom. The number of carbonyl (C=O) groups excluding carboxylic acids is 1. The molecule has 0 bridgehead atoms. The number of H-pyrrole nitrogens is 1. The van der Waals surface area contributed by atoms with Gasteiger partial charge in [0.2, 0.25) is 0 Å². The average molecular weight is 274 g/mol. The van der Waals surface area contributed by atoms with Crippen molar-refractivity contribution in [2.45, 2.75) is 26.2 Å². The Bertz CT molecular complexity index is 624. The van der Waals surface area contributed by atoms with Gasteiger partial charge in [0.15, 0.2) is 5.76 Å². The van der Waals surface area contributed by atoms with Crippen LogP contribution in [0.25, 0.3) is 0 Å². The number of nitrogens with one attached hydrogen (secondary N) is 1. The van der Waals surface area contributed by atoms with Crippen LogP contribution in [0.2, 0.25) is 0 Å². The van der Waals surface area contributed by atoms with Crippen molar-refractivity contribution < 1.29 is 9.21 Å². The summed E-state index contributed by atoms with van der Waals surface area (Å²) < 4.78 is 5.50. The number of anilines is 1. The molecule has 0 radical (unpaired) electrons. The summed E-state index contributed by atoms with van der Waals surface area (Å²) >= 11 is 0. The lowest BCUT2D eigenvalue weighted by molar-refractivity contribution is 0.0757. The van der Waals surface area contributed by atoms with Gasteiger partial charge in [-0.3, -0.25) is 9.89 Å². The number of furan rings is 1. The van der Waals surface area contributed by atoms with Gasteiger partial charge in [0.05, 0.1) is 17.6 Å². The number of nitrogens with zero attached hydrogens (tertiary/aromatic N) is 2. The summed E-state index contributed by atoms with van der Waals surface area (Å²) in [6, 6.07) is 1.80. The molecule has 0 aromatic carbocycles. The predicted molar refractivity (Wildman–Crippen MR) is 74.4 cm³/mol. The van der Waals surface area contributed by atoms with E-state index in [0.29, 0.717) is 24.5 Å². The van der Waals surface area contributed by atoms with Gasteiger partial charge in [-0.1, -0.05) is 0 Å². The normalized spacial score (nSPS) is 18.7. The molecule has 1 saturated heterocycles. The fourth-order valence-corrected chi connectivity index (χ4v) is 2.65. The van der Waals surface area contributed by atoms with Crippen molar-refractivity contribution in [3.8, 4) is 0 Å². The molecule has 0 saturated carbocycles. The van der Waals surface area contributed by atoms with Crippen LogP contribution in [0.3, 0.4) is 0 Å². The Balaban J connectivity index is 1.74. The third-order valence-corrected chi connectivity index (χ3v) is 3.96. The lowest BCUT2D eigenvalue weighted by Gasteiger charge is -2.14. The van der Waals surface area contributed by atoms with E-state index >= 15 is 0 Å². The highest BCUT2D eigenvalue weighted by molar-refractivity contribution is 5.92. The molecule has 6 heteroatoms. The largest absolute Gasteiger partial charge is 0.456 e. The average Bonchev–Trinajstić information content (AvgIpc) is 3.10. The zero-order chi connectivity index (χ0) is 14.3. The quantitative estimate of drug-likeness (QED) is 0.874. The summed E-state index contributed by atoms with van der Waals surface area (Å²) in [7, 11) is 0. The second-order valence-electron chi connectivity index (χ2n) is 5.33. The van der Waals surface area contributed by atoms with E-state index in [1.165, 1.54) is 0 Å². The number of rotatable bonds is 2. The second kappa shape index (κ2) is 4.70. The standard InChI is InChI=1S/C14H18N4O2/c1-8-5-12(20-9(8)2)14(19)18-4-3-10(7-18)13-11(15)6-16-17-13/h5-6,10H,3-4,7,15H2,1-2H3,(H,16,17). The predicted octanol–water partition coefficient (Wildman–Crippen LogP) is 1.83. The summed E-state index contributed by atoms with van der Waals surface area (Å²) in [6.45, 7) is 5.16. The van der Waals surface area contributed by atoms with E-state index < -0.39 is 0 Å². The maximum atomic E-state index is 12.4. The highest BCUT2D eigenvalue weighted by Gasteiger charge is 2.31. The smallest absolute Gasteiger partial charge is 0.289 e. The number of nitrogen functional groups attached to an aromatic ring is 1. The topological polar surface area (TPSA) is 88.2 Å². The minimum absolute atomic E-state index is 0.0539. The number of aromatic amines is 1. The van der Waals surface area contributed by atoms with Crippen LogP contribution in [0.15, 0.2) is 16.7 Å². The van der Waals surface area contributed by atoms with Crippen molar-refractivity contribution in [2.75, 3.05) is 18.8 Å². The first-order valence-electron chi connectivity index (χ1n) is 6.71. The van der Waals surface area contributed by atoms with E-state index in [1.807, 2.05) is 18.7 Å². The summed E-state index contributed by atoms with van der Waals surface area (Å²) in [5.41, 5.74) is 8.45. The maximum absolute atomic E-state index is 12.4. The van der Waals surface area contributed by atoms with Crippen LogP contribution in [-0.4, -0.2) is 34.1 Å². The summed E-state index contributed by atoms with van der Waals surface area (Å²) in [6.07, 6.45) is 2.50. The van der Waals surface area contributed by atoms with Crippen molar-refractivity contribution in [2.24, 2.45) is 0 Å². The zero-order valence-electron chi connectivity index (χ0n) is 11.6. The molecule has 20 heavy (non-hydrogen) atoms. The molecule has 3 rings (SSSR count). The molecule has 2 aromatic heterocycles. The highest BCUT2D eigenvalue weighted by Crippen LogP contribution is 2.30. The Kier molecular flexibility index (Phi) is 3.00. The van der Waals surface area contributed by atoms with Gasteiger partial charge in [0.25, 0.3) is 5.91 Å². The van der Waals surface area contributed by atoms with Crippen molar-refractivity contribution >= 4 is 11.6 Å². The minimum atomic E-state index is -0.0539. The van der Waals surface area contributed by atoms with Crippen molar-refractivity contribution in [3.63, 3.8) is 0 Å². The summed E-state index contributed by atoms with van der Waals surface area (Å²) in [5, 5.41) is 6.86. The zero-order valence-corrected chi connectivity index (χ0v) is 11.6. The molecule has 1 unspecified atom stereocenters. The first kappa shape index (κ1) is 12.8. The van der Waals surface area contributed by atoms with Gasteiger partial charge >= 0.3 is 0 Å². The number of likely N-dealkylation sites (tertiary alicyclic amines) is 1. The van der Waals surface area contributed by atoms with Crippen LogP contribution in [0.5, 0.6) is 0 Å². The molecule has 2 aromatic rings. The fraction of sp³-hybridized carbons (Fsp3) is 0.429. The van der Waals surface area contributed by atoms with Crippen molar-refractivity contribution in [1.82, 2.24) is 15.1 Å². The van der Waals surface area contributed by atoms with Crippen LogP contribution in [0, 0.1) is 13.8 Å². The first-order valence-corrected chi connectivity index (χ1v) is 6.71. The van der Waals surface area contributed by atoms with Gasteiger partial charge in [0.1, 0.15) is 5.76 Å². The van der Waals surface area contributed by atoms with Gasteiger partial charge in [-0.2, -0.15) is 5.10 Å². The molecular formula is C14H18N4O2. The Labute approximate surface area is 116 Å². The Morgan fingerprint density at radius 2 is 2.35 bits per heavy atom. The van der Waals surface area contributed by atoms with Gasteiger partial charge in [0, 0.05) is 19.0 Å². The van der Waals surface area contributed by atoms with Crippen LogP contribution < -0.4 is 5.73 Å². The van der Waals surface area contributed by atoms with E-state index in [9.17, 15) is 4.79 Å². The number of nitrogens with two attached hydrogens (primary N) is 1. The number of hydrogen-bond donors (Lipinski definition) is 2. The van der Waals surface area contributed by atoms with E-state index in [1.54, 1.807) is 12.3 Å². The summed E-state index contributed by atoms with van der Waals surface area (Å²) in [5.74, 6) is 1.38. The van der Waals surface area contributed by atoms with Crippen LogP contribution in [-0.2, 0) is 0 Å². The van der Waals surface area contributed by atoms with Gasteiger partial charge < -0.3 is 15.1 Å². The Hall–Kier alpha value is -2.24. The number of aryl methyl sites for hydroxylation is 2. The molecule has 3 N–H and O–H groups in total. The number of hydrogen-bond acceptors (Lipinski definition) is 4. The van der Waals surface area contributed by atoms with Crippen molar-refractivity contribution in [3.05, 3.63) is 35.0 Å². The van der Waals surface area contributed by atoms with E-state index in [-0.39, 0.29) is 11.8 Å². The fourth-order valence-electron chi connectivity index (χ4n) is 2.65. The maximum Gasteiger partial charge on any atom is 0.289 e. The lowest BCUT2D eigenvalue weighted by atomic mass is 10.0. The number of aromatic nitrogens is 2. The van der Waals surface area contributed by atoms with E-state index in [0.717, 1.165) is 23.4 Å². The molecule has 1 atom stereocenters. The minimum Gasteiger partial charge on any atom is -0.456 e. The van der Waals surface area contributed by atoms with E-state index in [2.05, 4.69) is 10.2 Å². The van der Waals surface area contributed by atoms with Crippen LogP contribution in [0.1, 0.15) is 39.9 Å². The van der Waals surface area contributed by atoms with Gasteiger partial charge in [-0.25, -0.2) is 0 Å². The molecule has 1 aliphatic rings. The first-order chi connectivity index (χ1) is 9.56. The second-order valence-corrected chi connectivity index (χ2v) is 5.33. The molecule has 0 aliphatic carbocycles. The molecular weight excluding hydrogens is 256 g/mol. The van der Waals surface area contributed by atoms with Gasteiger partial charge in [-0.15, -0.1) is 0 Å². The van der Waals surface area contributed by atoms with Crippen LogP contribution >= 0.6 is 0 Å². The SMILES string of the molecule is Cc1cc(C(=O)N2CCC(c3[nH]ncc3N)C2)oc1C. The highest BCUT2D eigenvalue weighted by atomic mass is 16.4. The van der Waals surface area contributed by atoms with Crippen molar-refractivity contribution in [1.29, 1.82) is 0 Å².